The molecule has 1 aliphatic heterocycles. The number of carbonyl (C=O) groups is 1. The molecule has 19 heavy (non-hydrogen) atoms. The third kappa shape index (κ3) is 2.81. The number of hydrogen-bond acceptors (Lipinski definition) is 2. The highest BCUT2D eigenvalue weighted by molar-refractivity contribution is 6.30. The van der Waals surface area contributed by atoms with Crippen molar-refractivity contribution in [3.8, 4) is 0 Å². The molecule has 3 nitrogen and oxygen atoms in total. The molecule has 1 aliphatic carbocycles. The Balaban J connectivity index is 1.72. The summed E-state index contributed by atoms with van der Waals surface area (Å²) in [7, 11) is 0. The smallest absolute Gasteiger partial charge is 0.248 e. The van der Waals surface area contributed by atoms with Gasteiger partial charge in [-0.05, 0) is 36.5 Å². The summed E-state index contributed by atoms with van der Waals surface area (Å²) in [6.07, 6.45) is 5.43. The van der Waals surface area contributed by atoms with Crippen LogP contribution in [0.2, 0.25) is 5.02 Å². The maximum atomic E-state index is 12.0. The molecule has 0 atom stereocenters. The third-order valence-electron chi connectivity index (χ3n) is 3.92. The summed E-state index contributed by atoms with van der Waals surface area (Å²) in [5.41, 5.74) is 2.11. The molecule has 1 saturated carbocycles. The number of carbonyl (C=O) groups excluding carboxylic acids is 1. The van der Waals surface area contributed by atoms with Crippen molar-refractivity contribution < 1.29 is 4.79 Å². The van der Waals surface area contributed by atoms with E-state index < -0.39 is 0 Å². The molecular weight excluding hydrogens is 260 g/mol. The standard InChI is InChI=1S/C15H17ClN2O/c16-13-7-3-4-11(8-13)10-18-15(19)9-14(17-18)12-5-1-2-6-12/h3-4,7-8,12H,1-2,5-6,9-10H2. The van der Waals surface area contributed by atoms with E-state index in [1.54, 1.807) is 5.01 Å². The summed E-state index contributed by atoms with van der Waals surface area (Å²) in [5.74, 6) is 0.648. The second kappa shape index (κ2) is 5.33. The summed E-state index contributed by atoms with van der Waals surface area (Å²) in [4.78, 5) is 12.0. The Labute approximate surface area is 118 Å². The molecule has 0 radical (unpaired) electrons. The van der Waals surface area contributed by atoms with Gasteiger partial charge in [-0.2, -0.15) is 5.10 Å². The van der Waals surface area contributed by atoms with Gasteiger partial charge in [-0.15, -0.1) is 0 Å². The van der Waals surface area contributed by atoms with Crippen molar-refractivity contribution in [3.05, 3.63) is 34.9 Å². The molecule has 0 unspecified atom stereocenters. The summed E-state index contributed by atoms with van der Waals surface area (Å²) < 4.78 is 0. The van der Waals surface area contributed by atoms with Crippen LogP contribution in [-0.4, -0.2) is 16.6 Å². The molecule has 100 valence electrons. The Morgan fingerprint density at radius 1 is 1.32 bits per heavy atom. The molecule has 1 aromatic rings. The molecule has 0 saturated heterocycles. The Morgan fingerprint density at radius 3 is 2.84 bits per heavy atom. The van der Waals surface area contributed by atoms with Gasteiger partial charge in [-0.1, -0.05) is 36.6 Å². The lowest BCUT2D eigenvalue weighted by Crippen LogP contribution is -2.20. The van der Waals surface area contributed by atoms with Crippen LogP contribution in [0.25, 0.3) is 0 Å². The largest absolute Gasteiger partial charge is 0.273 e. The first-order valence-corrected chi connectivity index (χ1v) is 7.22. The first-order chi connectivity index (χ1) is 9.22. The van der Waals surface area contributed by atoms with Crippen LogP contribution >= 0.6 is 11.6 Å². The molecule has 1 fully saturated rings. The van der Waals surface area contributed by atoms with Crippen LogP contribution in [0.4, 0.5) is 0 Å². The second-order valence-electron chi connectivity index (χ2n) is 5.33. The van der Waals surface area contributed by atoms with Gasteiger partial charge in [-0.3, -0.25) is 4.79 Å². The fourth-order valence-electron chi connectivity index (χ4n) is 2.91. The van der Waals surface area contributed by atoms with Gasteiger partial charge in [0.05, 0.1) is 18.7 Å². The maximum Gasteiger partial charge on any atom is 0.248 e. The summed E-state index contributed by atoms with van der Waals surface area (Å²) in [6, 6.07) is 7.60. The summed E-state index contributed by atoms with van der Waals surface area (Å²) in [5, 5.41) is 6.83. The Morgan fingerprint density at radius 2 is 2.11 bits per heavy atom. The molecule has 3 rings (SSSR count). The highest BCUT2D eigenvalue weighted by Gasteiger charge is 2.30. The van der Waals surface area contributed by atoms with Gasteiger partial charge in [0.1, 0.15) is 0 Å². The van der Waals surface area contributed by atoms with Gasteiger partial charge in [0, 0.05) is 5.02 Å². The van der Waals surface area contributed by atoms with Crippen LogP contribution in [0.15, 0.2) is 29.4 Å². The van der Waals surface area contributed by atoms with E-state index in [1.807, 2.05) is 24.3 Å². The van der Waals surface area contributed by atoms with E-state index in [0.29, 0.717) is 23.9 Å². The average molecular weight is 277 g/mol. The Bertz CT molecular complexity index is 521. The lowest BCUT2D eigenvalue weighted by molar-refractivity contribution is -0.129. The number of amides is 1. The van der Waals surface area contributed by atoms with Crippen molar-refractivity contribution in [2.45, 2.75) is 38.6 Å². The maximum absolute atomic E-state index is 12.0. The molecule has 0 spiro atoms. The van der Waals surface area contributed by atoms with Gasteiger partial charge in [0.2, 0.25) is 5.91 Å². The van der Waals surface area contributed by atoms with E-state index in [-0.39, 0.29) is 5.91 Å². The van der Waals surface area contributed by atoms with Crippen LogP contribution in [0, 0.1) is 5.92 Å². The van der Waals surface area contributed by atoms with Gasteiger partial charge >= 0.3 is 0 Å². The minimum atomic E-state index is 0.113. The van der Waals surface area contributed by atoms with Crippen molar-refractivity contribution in [2.24, 2.45) is 11.0 Å². The van der Waals surface area contributed by atoms with E-state index in [9.17, 15) is 4.79 Å². The molecule has 0 bridgehead atoms. The van der Waals surface area contributed by atoms with Gasteiger partial charge in [-0.25, -0.2) is 5.01 Å². The van der Waals surface area contributed by atoms with Crippen LogP contribution in [0.1, 0.15) is 37.7 Å². The lowest BCUT2D eigenvalue weighted by atomic mass is 10.00. The van der Waals surface area contributed by atoms with E-state index >= 15 is 0 Å². The Kier molecular flexibility index (Phi) is 3.56. The summed E-state index contributed by atoms with van der Waals surface area (Å²) >= 11 is 5.96. The van der Waals surface area contributed by atoms with Gasteiger partial charge in [0.25, 0.3) is 0 Å². The van der Waals surface area contributed by atoms with E-state index in [2.05, 4.69) is 5.10 Å². The van der Waals surface area contributed by atoms with E-state index in [1.165, 1.54) is 25.7 Å². The highest BCUT2D eigenvalue weighted by atomic mass is 35.5. The van der Waals surface area contributed by atoms with Crippen LogP contribution < -0.4 is 0 Å². The number of hydrogen-bond donors (Lipinski definition) is 0. The topological polar surface area (TPSA) is 32.7 Å². The Hall–Kier alpha value is -1.35. The molecule has 0 N–H and O–H groups in total. The van der Waals surface area contributed by atoms with Gasteiger partial charge < -0.3 is 0 Å². The molecule has 4 heteroatoms. The number of nitrogens with zero attached hydrogens (tertiary/aromatic N) is 2. The number of benzene rings is 1. The molecule has 1 amide bonds. The number of halogens is 1. The van der Waals surface area contributed by atoms with E-state index in [0.717, 1.165) is 11.3 Å². The average Bonchev–Trinajstić information content (AvgIpc) is 3.00. The SMILES string of the molecule is O=C1CC(C2CCCC2)=NN1Cc1cccc(Cl)c1. The predicted octanol–water partition coefficient (Wildman–Crippen LogP) is 3.62. The monoisotopic (exact) mass is 276 g/mol. The molecule has 1 heterocycles. The zero-order valence-corrected chi connectivity index (χ0v) is 11.6. The van der Waals surface area contributed by atoms with Crippen molar-refractivity contribution in [3.63, 3.8) is 0 Å². The fourth-order valence-corrected chi connectivity index (χ4v) is 3.12. The van der Waals surface area contributed by atoms with Crippen molar-refractivity contribution in [1.82, 2.24) is 5.01 Å². The van der Waals surface area contributed by atoms with Crippen LogP contribution in [0.3, 0.4) is 0 Å². The summed E-state index contributed by atoms with van der Waals surface area (Å²) in [6.45, 7) is 0.523. The van der Waals surface area contributed by atoms with Crippen LogP contribution in [-0.2, 0) is 11.3 Å². The molecular formula is C15H17ClN2O. The zero-order chi connectivity index (χ0) is 13.2. The first-order valence-electron chi connectivity index (χ1n) is 6.84. The number of hydrazone groups is 1. The lowest BCUT2D eigenvalue weighted by Gasteiger charge is -2.12. The fraction of sp³-hybridized carbons (Fsp3) is 0.467. The van der Waals surface area contributed by atoms with E-state index in [4.69, 9.17) is 11.6 Å². The molecule has 2 aliphatic rings. The third-order valence-corrected chi connectivity index (χ3v) is 4.15. The van der Waals surface area contributed by atoms with Crippen molar-refractivity contribution >= 4 is 23.2 Å². The minimum absolute atomic E-state index is 0.113. The van der Waals surface area contributed by atoms with Gasteiger partial charge in [0.15, 0.2) is 0 Å². The first kappa shape index (κ1) is 12.7. The van der Waals surface area contributed by atoms with Crippen LogP contribution in [0.5, 0.6) is 0 Å². The minimum Gasteiger partial charge on any atom is -0.273 e. The predicted molar refractivity (Wildman–Crippen MR) is 76.0 cm³/mol. The van der Waals surface area contributed by atoms with Crippen molar-refractivity contribution in [1.29, 1.82) is 0 Å². The molecule has 1 aromatic carbocycles. The normalized spacial score (nSPS) is 20.2. The number of rotatable bonds is 3. The van der Waals surface area contributed by atoms with Crippen molar-refractivity contribution in [2.75, 3.05) is 0 Å². The molecule has 0 aromatic heterocycles. The quantitative estimate of drug-likeness (QED) is 0.830. The zero-order valence-electron chi connectivity index (χ0n) is 10.8. The highest BCUT2D eigenvalue weighted by Crippen LogP contribution is 2.30. The second-order valence-corrected chi connectivity index (χ2v) is 5.77.